The van der Waals surface area contributed by atoms with E-state index in [0.29, 0.717) is 0 Å². The van der Waals surface area contributed by atoms with Gasteiger partial charge in [0.1, 0.15) is 5.76 Å². The lowest BCUT2D eigenvalue weighted by Crippen LogP contribution is -2.24. The van der Waals surface area contributed by atoms with Crippen LogP contribution in [0, 0.1) is 0 Å². The highest BCUT2D eigenvalue weighted by molar-refractivity contribution is 5.09. The van der Waals surface area contributed by atoms with Crippen molar-refractivity contribution < 1.29 is 4.42 Å². The molecule has 0 unspecified atom stereocenters. The molecule has 1 aromatic rings. The Morgan fingerprint density at radius 1 is 0.769 bits per heavy atom. The largest absolute Gasteiger partial charge is 0.416 e. The molecular weight excluding hydrogens is 322 g/mol. The minimum atomic E-state index is -0.323. The molecule has 26 heavy (non-hydrogen) atoms. The zero-order valence-corrected chi connectivity index (χ0v) is 17.7. The van der Waals surface area contributed by atoms with Gasteiger partial charge in [-0.15, -0.1) is 0 Å². The van der Waals surface area contributed by atoms with Crippen LogP contribution in [0.25, 0.3) is 0 Å². The summed E-state index contributed by atoms with van der Waals surface area (Å²) in [5.74, 6) is 0.531. The maximum atomic E-state index is 11.3. The molecule has 1 rings (SSSR count). The van der Waals surface area contributed by atoms with Crippen LogP contribution < -0.4 is 5.76 Å². The zero-order valence-electron chi connectivity index (χ0n) is 17.7. The van der Waals surface area contributed by atoms with Crippen molar-refractivity contribution in [1.82, 2.24) is 4.98 Å². The van der Waals surface area contributed by atoms with E-state index in [1.807, 2.05) is 0 Å². The van der Waals surface area contributed by atoms with Crippen LogP contribution in [0.3, 0.4) is 0 Å². The lowest BCUT2D eigenvalue weighted by Gasteiger charge is -2.29. The van der Waals surface area contributed by atoms with E-state index >= 15 is 0 Å². The van der Waals surface area contributed by atoms with Gasteiger partial charge in [-0.05, 0) is 19.3 Å². The normalized spacial score (nSPS) is 12.0. The third kappa shape index (κ3) is 8.60. The first-order chi connectivity index (χ1) is 12.7. The Balaban J connectivity index is 2.06. The van der Waals surface area contributed by atoms with E-state index in [1.165, 1.54) is 83.5 Å². The second-order valence-corrected chi connectivity index (χ2v) is 8.02. The van der Waals surface area contributed by atoms with Gasteiger partial charge < -0.3 is 4.42 Å². The summed E-state index contributed by atoms with van der Waals surface area (Å²) in [7, 11) is 0. The average Bonchev–Trinajstić information content (AvgIpc) is 3.09. The van der Waals surface area contributed by atoms with Crippen molar-refractivity contribution in [3.8, 4) is 0 Å². The molecule has 3 heteroatoms. The lowest BCUT2D eigenvalue weighted by molar-refractivity contribution is 0.276. The number of unbranched alkanes of at least 4 members (excludes halogenated alkanes) is 12. The number of rotatable bonds is 17. The topological polar surface area (TPSA) is 46.0 Å². The minimum absolute atomic E-state index is 0.0386. The van der Waals surface area contributed by atoms with Gasteiger partial charge in [0, 0.05) is 11.6 Å². The smallest absolute Gasteiger partial charge is 0.412 e. The van der Waals surface area contributed by atoms with E-state index in [2.05, 4.69) is 25.8 Å². The fourth-order valence-corrected chi connectivity index (χ4v) is 4.10. The van der Waals surface area contributed by atoms with Gasteiger partial charge in [-0.1, -0.05) is 104 Å². The minimum Gasteiger partial charge on any atom is -0.412 e. The molecule has 0 aliphatic carbocycles. The van der Waals surface area contributed by atoms with Gasteiger partial charge in [-0.3, -0.25) is 4.98 Å². The van der Waals surface area contributed by atoms with Crippen LogP contribution in [-0.2, 0) is 5.41 Å². The molecular formula is C23H43NO2. The van der Waals surface area contributed by atoms with Crippen LogP contribution in [0.4, 0.5) is 0 Å². The fraction of sp³-hybridized carbons (Fsp3) is 0.870. The summed E-state index contributed by atoms with van der Waals surface area (Å²) in [6.07, 6.45) is 22.9. The molecule has 0 aliphatic heterocycles. The van der Waals surface area contributed by atoms with Crippen LogP contribution in [0.5, 0.6) is 0 Å². The number of aromatic nitrogens is 1. The lowest BCUT2D eigenvalue weighted by atomic mass is 9.76. The number of hydrogen-bond acceptors (Lipinski definition) is 2. The Hall–Kier alpha value is -0.990. The fourth-order valence-electron chi connectivity index (χ4n) is 4.10. The molecule has 0 fully saturated rings. The molecule has 0 aliphatic rings. The molecule has 0 radical (unpaired) electrons. The number of H-pyrrole nitrogens is 1. The van der Waals surface area contributed by atoms with Gasteiger partial charge >= 0.3 is 5.76 Å². The van der Waals surface area contributed by atoms with Gasteiger partial charge in [-0.2, -0.15) is 0 Å². The van der Waals surface area contributed by atoms with Crippen molar-refractivity contribution >= 4 is 0 Å². The summed E-state index contributed by atoms with van der Waals surface area (Å²) in [5.41, 5.74) is 0.0386. The predicted molar refractivity (Wildman–Crippen MR) is 112 cm³/mol. The van der Waals surface area contributed by atoms with Crippen LogP contribution in [-0.4, -0.2) is 4.98 Å². The van der Waals surface area contributed by atoms with Gasteiger partial charge in [0.05, 0.1) is 0 Å². The molecule has 0 saturated heterocycles. The highest BCUT2D eigenvalue weighted by atomic mass is 16.4. The van der Waals surface area contributed by atoms with E-state index in [-0.39, 0.29) is 11.2 Å². The quantitative estimate of drug-likeness (QED) is 0.290. The van der Waals surface area contributed by atoms with Gasteiger partial charge in [-0.25, -0.2) is 4.79 Å². The molecule has 0 aromatic carbocycles. The van der Waals surface area contributed by atoms with E-state index in [1.54, 1.807) is 6.20 Å². The molecule has 0 bridgehead atoms. The predicted octanol–water partition coefficient (Wildman–Crippen LogP) is 7.51. The monoisotopic (exact) mass is 365 g/mol. The van der Waals surface area contributed by atoms with Gasteiger partial charge in [0.2, 0.25) is 0 Å². The van der Waals surface area contributed by atoms with Crippen LogP contribution >= 0.6 is 0 Å². The van der Waals surface area contributed by atoms with Crippen molar-refractivity contribution in [3.63, 3.8) is 0 Å². The standard InChI is InChI=1S/C23H43NO2/c1-4-7-8-9-10-11-12-13-14-15-16-17-18-19-23(5-2,6-3)21-20-24-22(25)26-21/h20H,4-19H2,1-3H3,(H,24,25). The number of aromatic amines is 1. The Morgan fingerprint density at radius 2 is 1.23 bits per heavy atom. The molecule has 0 amide bonds. The first-order valence-electron chi connectivity index (χ1n) is 11.4. The van der Waals surface area contributed by atoms with Crippen LogP contribution in [0.2, 0.25) is 0 Å². The molecule has 3 nitrogen and oxygen atoms in total. The van der Waals surface area contributed by atoms with E-state index in [9.17, 15) is 4.79 Å². The number of hydrogen-bond donors (Lipinski definition) is 1. The molecule has 0 saturated carbocycles. The summed E-state index contributed by atoms with van der Waals surface area (Å²) in [6.45, 7) is 6.69. The third-order valence-electron chi connectivity index (χ3n) is 6.16. The Bertz CT molecular complexity index is 484. The first-order valence-corrected chi connectivity index (χ1v) is 11.4. The van der Waals surface area contributed by atoms with Crippen molar-refractivity contribution in [2.24, 2.45) is 0 Å². The number of oxazole rings is 1. The third-order valence-corrected chi connectivity index (χ3v) is 6.16. The van der Waals surface area contributed by atoms with E-state index in [0.717, 1.165) is 25.0 Å². The summed E-state index contributed by atoms with van der Waals surface area (Å²) < 4.78 is 5.38. The molecule has 1 N–H and O–H groups in total. The van der Waals surface area contributed by atoms with E-state index < -0.39 is 0 Å². The molecule has 1 heterocycles. The highest BCUT2D eigenvalue weighted by Gasteiger charge is 2.31. The molecule has 0 spiro atoms. The maximum absolute atomic E-state index is 11.3. The average molecular weight is 366 g/mol. The van der Waals surface area contributed by atoms with E-state index in [4.69, 9.17) is 4.42 Å². The van der Waals surface area contributed by atoms with Crippen LogP contribution in [0.1, 0.15) is 129 Å². The van der Waals surface area contributed by atoms with Gasteiger partial charge in [0.25, 0.3) is 0 Å². The van der Waals surface area contributed by atoms with Gasteiger partial charge in [0.15, 0.2) is 0 Å². The number of nitrogens with one attached hydrogen (secondary N) is 1. The summed E-state index contributed by atoms with van der Waals surface area (Å²) in [5, 5.41) is 0. The van der Waals surface area contributed by atoms with Crippen molar-refractivity contribution in [2.45, 2.75) is 129 Å². The second kappa shape index (κ2) is 14.1. The molecule has 152 valence electrons. The summed E-state index contributed by atoms with van der Waals surface area (Å²) in [4.78, 5) is 14.0. The van der Waals surface area contributed by atoms with Crippen molar-refractivity contribution in [2.75, 3.05) is 0 Å². The van der Waals surface area contributed by atoms with Crippen LogP contribution in [0.15, 0.2) is 15.4 Å². The van der Waals surface area contributed by atoms with Crippen molar-refractivity contribution in [3.05, 3.63) is 22.5 Å². The SMILES string of the molecule is CCCCCCCCCCCCCCCC(CC)(CC)c1c[nH]c(=O)o1. The zero-order chi connectivity index (χ0) is 19.1. The second-order valence-electron chi connectivity index (χ2n) is 8.02. The first kappa shape index (κ1) is 23.0. The Morgan fingerprint density at radius 3 is 1.62 bits per heavy atom. The Labute approximate surface area is 161 Å². The Kier molecular flexibility index (Phi) is 12.5. The molecule has 0 atom stereocenters. The summed E-state index contributed by atoms with van der Waals surface area (Å²) >= 11 is 0. The molecule has 1 aromatic heterocycles. The summed E-state index contributed by atoms with van der Waals surface area (Å²) in [6, 6.07) is 0. The highest BCUT2D eigenvalue weighted by Crippen LogP contribution is 2.36. The van der Waals surface area contributed by atoms with Crippen molar-refractivity contribution in [1.29, 1.82) is 0 Å². The maximum Gasteiger partial charge on any atom is 0.416 e.